The van der Waals surface area contributed by atoms with Gasteiger partial charge in [-0.25, -0.2) is 0 Å². The standard InChI is InChI=1S/C14H25N3O2.ClH/c1-11-7-12(8-15)9-17(11)14(19)10-16-6-4-2-3-5-13(16)18;/h11-12H,2-10,15H2,1H3;1H. The highest BCUT2D eigenvalue weighted by Crippen LogP contribution is 2.22. The second kappa shape index (κ2) is 7.84. The summed E-state index contributed by atoms with van der Waals surface area (Å²) >= 11 is 0. The monoisotopic (exact) mass is 303 g/mol. The lowest BCUT2D eigenvalue weighted by atomic mass is 10.1. The number of hydrogen-bond acceptors (Lipinski definition) is 3. The summed E-state index contributed by atoms with van der Waals surface area (Å²) < 4.78 is 0. The second-order valence-electron chi connectivity index (χ2n) is 5.86. The highest BCUT2D eigenvalue weighted by molar-refractivity contribution is 5.85. The van der Waals surface area contributed by atoms with Crippen molar-refractivity contribution in [3.05, 3.63) is 0 Å². The minimum absolute atomic E-state index is 0. The van der Waals surface area contributed by atoms with E-state index in [4.69, 9.17) is 5.73 Å². The van der Waals surface area contributed by atoms with Gasteiger partial charge in [0.2, 0.25) is 11.8 Å². The predicted octanol–water partition coefficient (Wildman–Crippen LogP) is 1.01. The molecule has 2 aliphatic rings. The number of hydrogen-bond donors (Lipinski definition) is 1. The van der Waals surface area contributed by atoms with Crippen LogP contribution in [-0.2, 0) is 9.59 Å². The minimum atomic E-state index is 0. The summed E-state index contributed by atoms with van der Waals surface area (Å²) in [5.74, 6) is 0.630. The lowest BCUT2D eigenvalue weighted by Gasteiger charge is -2.26. The largest absolute Gasteiger partial charge is 0.338 e. The van der Waals surface area contributed by atoms with E-state index in [1.54, 1.807) is 4.90 Å². The molecule has 0 spiro atoms. The third-order valence-electron chi connectivity index (χ3n) is 4.31. The number of likely N-dealkylation sites (tertiary alicyclic amines) is 2. The van der Waals surface area contributed by atoms with Gasteiger partial charge in [0.1, 0.15) is 0 Å². The first-order valence-electron chi connectivity index (χ1n) is 7.39. The van der Waals surface area contributed by atoms with Crippen molar-refractivity contribution in [2.24, 2.45) is 11.7 Å². The number of halogens is 1. The predicted molar refractivity (Wildman–Crippen MR) is 80.6 cm³/mol. The molecule has 5 nitrogen and oxygen atoms in total. The average Bonchev–Trinajstić information content (AvgIpc) is 2.66. The first-order chi connectivity index (χ1) is 9.11. The first-order valence-corrected chi connectivity index (χ1v) is 7.39. The Hall–Kier alpha value is -0.810. The van der Waals surface area contributed by atoms with Crippen LogP contribution in [0.1, 0.15) is 39.0 Å². The van der Waals surface area contributed by atoms with Gasteiger partial charge in [-0.05, 0) is 38.6 Å². The molecule has 0 bridgehead atoms. The van der Waals surface area contributed by atoms with Crippen LogP contribution in [0.25, 0.3) is 0 Å². The fraction of sp³-hybridized carbons (Fsp3) is 0.857. The molecule has 2 rings (SSSR count). The zero-order chi connectivity index (χ0) is 13.8. The molecule has 2 amide bonds. The van der Waals surface area contributed by atoms with Gasteiger partial charge < -0.3 is 15.5 Å². The molecule has 2 N–H and O–H groups in total. The SMILES string of the molecule is CC1CC(CN)CN1C(=O)CN1CCCCCC1=O.Cl. The number of rotatable bonds is 3. The molecule has 116 valence electrons. The van der Waals surface area contributed by atoms with Crippen molar-refractivity contribution in [1.29, 1.82) is 0 Å². The Kier molecular flexibility index (Phi) is 6.76. The minimum Gasteiger partial charge on any atom is -0.338 e. The van der Waals surface area contributed by atoms with E-state index in [1.807, 2.05) is 4.90 Å². The Morgan fingerprint density at radius 2 is 2.10 bits per heavy atom. The van der Waals surface area contributed by atoms with Gasteiger partial charge in [0.15, 0.2) is 0 Å². The van der Waals surface area contributed by atoms with Crippen LogP contribution in [0.4, 0.5) is 0 Å². The average molecular weight is 304 g/mol. The fourth-order valence-corrected chi connectivity index (χ4v) is 3.12. The van der Waals surface area contributed by atoms with Crippen molar-refractivity contribution in [2.75, 3.05) is 26.2 Å². The van der Waals surface area contributed by atoms with E-state index in [2.05, 4.69) is 6.92 Å². The van der Waals surface area contributed by atoms with Crippen LogP contribution in [-0.4, -0.2) is 53.8 Å². The van der Waals surface area contributed by atoms with Gasteiger partial charge in [-0.3, -0.25) is 9.59 Å². The maximum absolute atomic E-state index is 12.3. The second-order valence-corrected chi connectivity index (χ2v) is 5.86. The number of nitrogens with two attached hydrogens (primary N) is 1. The van der Waals surface area contributed by atoms with Gasteiger partial charge in [0.05, 0.1) is 6.54 Å². The summed E-state index contributed by atoms with van der Waals surface area (Å²) in [5.41, 5.74) is 5.68. The summed E-state index contributed by atoms with van der Waals surface area (Å²) in [7, 11) is 0. The molecule has 0 saturated carbocycles. The molecule has 6 heteroatoms. The summed E-state index contributed by atoms with van der Waals surface area (Å²) in [6.45, 7) is 4.43. The number of nitrogens with zero attached hydrogens (tertiary/aromatic N) is 2. The molecule has 2 saturated heterocycles. The normalized spacial score (nSPS) is 27.2. The third-order valence-corrected chi connectivity index (χ3v) is 4.31. The van der Waals surface area contributed by atoms with Crippen molar-refractivity contribution >= 4 is 24.2 Å². The van der Waals surface area contributed by atoms with E-state index < -0.39 is 0 Å². The van der Waals surface area contributed by atoms with Crippen molar-refractivity contribution in [3.63, 3.8) is 0 Å². The Balaban J connectivity index is 0.00000200. The van der Waals surface area contributed by atoms with Gasteiger partial charge in [0, 0.05) is 25.6 Å². The van der Waals surface area contributed by atoms with Crippen molar-refractivity contribution < 1.29 is 9.59 Å². The van der Waals surface area contributed by atoms with E-state index in [-0.39, 0.29) is 36.8 Å². The Labute approximate surface area is 127 Å². The van der Waals surface area contributed by atoms with Gasteiger partial charge in [0.25, 0.3) is 0 Å². The number of amides is 2. The molecule has 2 fully saturated rings. The zero-order valence-electron chi connectivity index (χ0n) is 12.2. The molecule has 20 heavy (non-hydrogen) atoms. The van der Waals surface area contributed by atoms with Crippen LogP contribution in [0.15, 0.2) is 0 Å². The molecule has 2 atom stereocenters. The van der Waals surface area contributed by atoms with Crippen LogP contribution in [0.5, 0.6) is 0 Å². The summed E-state index contributed by atoms with van der Waals surface area (Å²) in [4.78, 5) is 27.9. The van der Waals surface area contributed by atoms with Crippen LogP contribution in [0.3, 0.4) is 0 Å². The lowest BCUT2D eigenvalue weighted by molar-refractivity contribution is -0.140. The number of carbonyl (C=O) groups is 2. The van der Waals surface area contributed by atoms with E-state index in [0.717, 1.165) is 38.8 Å². The summed E-state index contributed by atoms with van der Waals surface area (Å²) in [5, 5.41) is 0. The summed E-state index contributed by atoms with van der Waals surface area (Å²) in [6, 6.07) is 0.253. The van der Waals surface area contributed by atoms with Gasteiger partial charge in [-0.1, -0.05) is 6.42 Å². The van der Waals surface area contributed by atoms with Gasteiger partial charge in [-0.2, -0.15) is 0 Å². The van der Waals surface area contributed by atoms with Crippen molar-refractivity contribution in [1.82, 2.24) is 9.80 Å². The van der Waals surface area contributed by atoms with E-state index in [0.29, 0.717) is 18.9 Å². The zero-order valence-corrected chi connectivity index (χ0v) is 13.0. The molecule has 0 aromatic carbocycles. The number of carbonyl (C=O) groups excluding carboxylic acids is 2. The van der Waals surface area contributed by atoms with Gasteiger partial charge in [-0.15, -0.1) is 12.4 Å². The maximum atomic E-state index is 12.3. The third kappa shape index (κ3) is 4.09. The Morgan fingerprint density at radius 1 is 1.35 bits per heavy atom. The van der Waals surface area contributed by atoms with E-state index in [1.165, 1.54) is 0 Å². The quantitative estimate of drug-likeness (QED) is 0.846. The van der Waals surface area contributed by atoms with Crippen LogP contribution in [0.2, 0.25) is 0 Å². The van der Waals surface area contributed by atoms with Crippen LogP contribution >= 0.6 is 12.4 Å². The van der Waals surface area contributed by atoms with Gasteiger partial charge >= 0.3 is 0 Å². The molecule has 2 unspecified atom stereocenters. The molecule has 0 aromatic rings. The highest BCUT2D eigenvalue weighted by Gasteiger charge is 2.32. The van der Waals surface area contributed by atoms with Crippen LogP contribution in [0, 0.1) is 5.92 Å². The van der Waals surface area contributed by atoms with Crippen LogP contribution < -0.4 is 5.73 Å². The van der Waals surface area contributed by atoms with Crippen molar-refractivity contribution in [3.8, 4) is 0 Å². The summed E-state index contributed by atoms with van der Waals surface area (Å²) in [6.07, 6.45) is 4.63. The molecule has 0 aromatic heterocycles. The smallest absolute Gasteiger partial charge is 0.242 e. The molecule has 2 heterocycles. The Bertz CT molecular complexity index is 351. The lowest BCUT2D eigenvalue weighted by Crippen LogP contribution is -2.44. The Morgan fingerprint density at radius 3 is 2.75 bits per heavy atom. The van der Waals surface area contributed by atoms with Crippen molar-refractivity contribution in [2.45, 2.75) is 45.1 Å². The molecular weight excluding hydrogens is 278 g/mol. The maximum Gasteiger partial charge on any atom is 0.242 e. The molecule has 2 aliphatic heterocycles. The van der Waals surface area contributed by atoms with E-state index in [9.17, 15) is 9.59 Å². The fourth-order valence-electron chi connectivity index (χ4n) is 3.12. The first kappa shape index (κ1) is 17.2. The molecule has 0 radical (unpaired) electrons. The highest BCUT2D eigenvalue weighted by atomic mass is 35.5. The molecule has 0 aliphatic carbocycles. The van der Waals surface area contributed by atoms with E-state index >= 15 is 0 Å². The topological polar surface area (TPSA) is 66.6 Å². The molecular formula is C14H26ClN3O2.